The van der Waals surface area contributed by atoms with Crippen molar-refractivity contribution in [3.8, 4) is 0 Å². The number of hydrogen-bond acceptors (Lipinski definition) is 3. The van der Waals surface area contributed by atoms with E-state index in [2.05, 4.69) is 22.3 Å². The van der Waals surface area contributed by atoms with Crippen molar-refractivity contribution >= 4 is 0 Å². The highest BCUT2D eigenvalue weighted by Crippen LogP contribution is 2.16. The van der Waals surface area contributed by atoms with Crippen molar-refractivity contribution in [2.75, 3.05) is 6.54 Å². The summed E-state index contributed by atoms with van der Waals surface area (Å²) in [5.41, 5.74) is 2.00. The molecule has 1 N–H and O–H groups in total. The van der Waals surface area contributed by atoms with Crippen LogP contribution in [-0.4, -0.2) is 21.3 Å². The molecule has 2 rings (SSSR count). The van der Waals surface area contributed by atoms with Gasteiger partial charge in [-0.15, -0.1) is 0 Å². The maximum atomic E-state index is 12.9. The van der Waals surface area contributed by atoms with Crippen LogP contribution in [0.4, 0.5) is 4.39 Å². The molecular formula is C14H19FN4. The standard InChI is InChI=1S/C14H19FN4/c1-3-6-16-14(7-11-8-18-19(2)10-11)13-5-4-12(15)9-17-13/h4-5,8-10,14,16H,3,6-7H2,1-2H3. The second kappa shape index (κ2) is 6.43. The Balaban J connectivity index is 2.13. The fourth-order valence-corrected chi connectivity index (χ4v) is 2.01. The Kier molecular flexibility index (Phi) is 4.63. The van der Waals surface area contributed by atoms with E-state index in [4.69, 9.17) is 0 Å². The molecule has 2 aromatic heterocycles. The third-order valence-corrected chi connectivity index (χ3v) is 2.95. The zero-order valence-corrected chi connectivity index (χ0v) is 11.3. The molecule has 0 saturated carbocycles. The third-order valence-electron chi connectivity index (χ3n) is 2.95. The fourth-order valence-electron chi connectivity index (χ4n) is 2.01. The van der Waals surface area contributed by atoms with Crippen LogP contribution in [0.1, 0.15) is 30.6 Å². The van der Waals surface area contributed by atoms with E-state index in [1.54, 1.807) is 10.7 Å². The van der Waals surface area contributed by atoms with Crippen molar-refractivity contribution in [1.82, 2.24) is 20.1 Å². The Labute approximate surface area is 112 Å². The smallest absolute Gasteiger partial charge is 0.141 e. The maximum Gasteiger partial charge on any atom is 0.141 e. The zero-order chi connectivity index (χ0) is 13.7. The van der Waals surface area contributed by atoms with Gasteiger partial charge in [-0.3, -0.25) is 9.67 Å². The van der Waals surface area contributed by atoms with Gasteiger partial charge in [0.25, 0.3) is 0 Å². The minimum absolute atomic E-state index is 0.0877. The molecule has 0 bridgehead atoms. The molecule has 0 aromatic carbocycles. The molecule has 102 valence electrons. The molecule has 5 heteroatoms. The molecule has 1 unspecified atom stereocenters. The first-order valence-electron chi connectivity index (χ1n) is 6.51. The normalized spacial score (nSPS) is 12.6. The van der Waals surface area contributed by atoms with Crippen LogP contribution in [0.15, 0.2) is 30.7 Å². The van der Waals surface area contributed by atoms with Gasteiger partial charge in [-0.2, -0.15) is 5.10 Å². The number of nitrogens with one attached hydrogen (secondary N) is 1. The molecule has 0 radical (unpaired) electrons. The lowest BCUT2D eigenvalue weighted by Crippen LogP contribution is -2.24. The monoisotopic (exact) mass is 262 g/mol. The molecule has 1 atom stereocenters. The van der Waals surface area contributed by atoms with Crippen LogP contribution in [0.5, 0.6) is 0 Å². The molecule has 0 aliphatic carbocycles. The Hall–Kier alpha value is -1.75. The molecule has 4 nitrogen and oxygen atoms in total. The van der Waals surface area contributed by atoms with Gasteiger partial charge in [-0.25, -0.2) is 4.39 Å². The summed E-state index contributed by atoms with van der Waals surface area (Å²) in [4.78, 5) is 4.17. The van der Waals surface area contributed by atoms with E-state index in [1.165, 1.54) is 12.3 Å². The summed E-state index contributed by atoms with van der Waals surface area (Å²) < 4.78 is 14.7. The van der Waals surface area contributed by atoms with E-state index in [1.807, 2.05) is 19.4 Å². The summed E-state index contributed by atoms with van der Waals surface area (Å²) in [7, 11) is 1.90. The summed E-state index contributed by atoms with van der Waals surface area (Å²) in [6.07, 6.45) is 6.95. The van der Waals surface area contributed by atoms with Crippen LogP contribution in [0.25, 0.3) is 0 Å². The van der Waals surface area contributed by atoms with Gasteiger partial charge in [0.1, 0.15) is 5.82 Å². The van der Waals surface area contributed by atoms with Crippen molar-refractivity contribution < 1.29 is 4.39 Å². The van der Waals surface area contributed by atoms with Crippen LogP contribution in [0, 0.1) is 5.82 Å². The molecule has 19 heavy (non-hydrogen) atoms. The van der Waals surface area contributed by atoms with Gasteiger partial charge in [0, 0.05) is 13.2 Å². The Morgan fingerprint density at radius 3 is 2.79 bits per heavy atom. The predicted molar refractivity (Wildman–Crippen MR) is 72.1 cm³/mol. The first-order valence-corrected chi connectivity index (χ1v) is 6.51. The highest BCUT2D eigenvalue weighted by molar-refractivity contribution is 5.15. The van der Waals surface area contributed by atoms with Gasteiger partial charge in [0.15, 0.2) is 0 Å². The van der Waals surface area contributed by atoms with Crippen LogP contribution < -0.4 is 5.32 Å². The van der Waals surface area contributed by atoms with Crippen LogP contribution in [0.2, 0.25) is 0 Å². The Bertz CT molecular complexity index is 506. The van der Waals surface area contributed by atoms with Gasteiger partial charge in [-0.1, -0.05) is 6.92 Å². The summed E-state index contributed by atoms with van der Waals surface area (Å²) in [6, 6.07) is 3.27. The van der Waals surface area contributed by atoms with Gasteiger partial charge >= 0.3 is 0 Å². The highest BCUT2D eigenvalue weighted by Gasteiger charge is 2.14. The van der Waals surface area contributed by atoms with Crippen LogP contribution in [-0.2, 0) is 13.5 Å². The average molecular weight is 262 g/mol. The summed E-state index contributed by atoms with van der Waals surface area (Å²) >= 11 is 0. The lowest BCUT2D eigenvalue weighted by molar-refractivity contribution is 0.514. The summed E-state index contributed by atoms with van der Waals surface area (Å²) in [5, 5.41) is 7.61. The summed E-state index contributed by atoms with van der Waals surface area (Å²) in [5.74, 6) is -0.306. The number of halogens is 1. The molecule has 0 saturated heterocycles. The maximum absolute atomic E-state index is 12.9. The van der Waals surface area contributed by atoms with Gasteiger partial charge in [-0.05, 0) is 37.1 Å². The average Bonchev–Trinajstić information content (AvgIpc) is 2.81. The number of rotatable bonds is 6. The molecule has 0 spiro atoms. The second-order valence-electron chi connectivity index (χ2n) is 4.63. The van der Waals surface area contributed by atoms with Crippen molar-refractivity contribution in [2.45, 2.75) is 25.8 Å². The lowest BCUT2D eigenvalue weighted by atomic mass is 10.1. The first kappa shape index (κ1) is 13.7. The third kappa shape index (κ3) is 3.86. The Morgan fingerprint density at radius 2 is 2.21 bits per heavy atom. The number of pyridine rings is 1. The minimum Gasteiger partial charge on any atom is -0.308 e. The minimum atomic E-state index is -0.306. The van der Waals surface area contributed by atoms with Crippen molar-refractivity contribution in [3.05, 3.63) is 47.8 Å². The second-order valence-corrected chi connectivity index (χ2v) is 4.63. The Morgan fingerprint density at radius 1 is 1.37 bits per heavy atom. The molecule has 0 aliphatic heterocycles. The quantitative estimate of drug-likeness (QED) is 0.868. The van der Waals surface area contributed by atoms with Gasteiger partial charge in [0.2, 0.25) is 0 Å². The SMILES string of the molecule is CCCNC(Cc1cnn(C)c1)c1ccc(F)cn1. The number of aromatic nitrogens is 3. The topological polar surface area (TPSA) is 42.7 Å². The van der Waals surface area contributed by atoms with E-state index >= 15 is 0 Å². The molecule has 0 aliphatic rings. The van der Waals surface area contributed by atoms with Crippen LogP contribution >= 0.6 is 0 Å². The number of aryl methyl sites for hydroxylation is 1. The molecule has 0 fully saturated rings. The molecule has 0 amide bonds. The first-order chi connectivity index (χ1) is 9.19. The summed E-state index contributed by atoms with van der Waals surface area (Å²) in [6.45, 7) is 3.02. The largest absolute Gasteiger partial charge is 0.308 e. The lowest BCUT2D eigenvalue weighted by Gasteiger charge is -2.17. The van der Waals surface area contributed by atoms with E-state index in [0.29, 0.717) is 0 Å². The van der Waals surface area contributed by atoms with Crippen molar-refractivity contribution in [2.24, 2.45) is 7.05 Å². The van der Waals surface area contributed by atoms with E-state index < -0.39 is 0 Å². The molecular weight excluding hydrogens is 243 g/mol. The predicted octanol–water partition coefficient (Wildman–Crippen LogP) is 2.24. The van der Waals surface area contributed by atoms with Gasteiger partial charge in [0.05, 0.1) is 24.1 Å². The van der Waals surface area contributed by atoms with Crippen LogP contribution in [0.3, 0.4) is 0 Å². The van der Waals surface area contributed by atoms with Crippen molar-refractivity contribution in [3.63, 3.8) is 0 Å². The fraction of sp³-hybridized carbons (Fsp3) is 0.429. The number of hydrogen-bond donors (Lipinski definition) is 1. The van der Waals surface area contributed by atoms with Crippen molar-refractivity contribution in [1.29, 1.82) is 0 Å². The number of nitrogens with zero attached hydrogens (tertiary/aromatic N) is 3. The van der Waals surface area contributed by atoms with Gasteiger partial charge < -0.3 is 5.32 Å². The molecule has 2 heterocycles. The van der Waals surface area contributed by atoms with E-state index in [-0.39, 0.29) is 11.9 Å². The highest BCUT2D eigenvalue weighted by atomic mass is 19.1. The zero-order valence-electron chi connectivity index (χ0n) is 11.3. The molecule has 2 aromatic rings. The van der Waals surface area contributed by atoms with E-state index in [0.717, 1.165) is 30.6 Å². The van der Waals surface area contributed by atoms with E-state index in [9.17, 15) is 4.39 Å².